The molecule has 3 aliphatic rings. The number of hydrogen-bond donors (Lipinski definition) is 2. The van der Waals surface area contributed by atoms with Gasteiger partial charge < -0.3 is 10.1 Å². The van der Waals surface area contributed by atoms with Crippen LogP contribution in [-0.2, 0) is 25.0 Å². The fourth-order valence-electron chi connectivity index (χ4n) is 5.13. The molecule has 39 heavy (non-hydrogen) atoms. The summed E-state index contributed by atoms with van der Waals surface area (Å²) in [4.78, 5) is 36.0. The lowest BCUT2D eigenvalue weighted by molar-refractivity contribution is -0.124. The number of methoxy groups -OCH3 is 1. The third-order valence-corrected chi connectivity index (χ3v) is 9.66. The lowest BCUT2D eigenvalue weighted by Crippen LogP contribution is -2.45. The normalized spacial score (nSPS) is 23.3. The molecule has 0 aromatic carbocycles. The van der Waals surface area contributed by atoms with Gasteiger partial charge in [0, 0.05) is 37.2 Å². The predicted molar refractivity (Wildman–Crippen MR) is 144 cm³/mol. The zero-order valence-electron chi connectivity index (χ0n) is 21.7. The summed E-state index contributed by atoms with van der Waals surface area (Å²) < 4.78 is 33.0. The van der Waals surface area contributed by atoms with Gasteiger partial charge in [-0.25, -0.2) is 28.4 Å². The molecule has 12 heteroatoms. The van der Waals surface area contributed by atoms with E-state index in [0.29, 0.717) is 56.0 Å². The lowest BCUT2D eigenvalue weighted by Gasteiger charge is -2.38. The molecule has 3 saturated carbocycles. The minimum Gasteiger partial charge on any atom is -0.381 e. The molecular weight excluding hydrogens is 518 g/mol. The number of carbonyl (C=O) groups excluding carboxylic acids is 1. The Morgan fingerprint density at radius 3 is 2.44 bits per heavy atom. The molecule has 3 heterocycles. The van der Waals surface area contributed by atoms with E-state index in [9.17, 15) is 13.2 Å². The molecule has 6 rings (SSSR count). The van der Waals surface area contributed by atoms with Gasteiger partial charge in [-0.1, -0.05) is 0 Å². The Morgan fingerprint density at radius 1 is 0.974 bits per heavy atom. The second-order valence-electron chi connectivity index (χ2n) is 10.6. The van der Waals surface area contributed by atoms with E-state index in [4.69, 9.17) is 9.72 Å². The van der Waals surface area contributed by atoms with E-state index in [1.165, 1.54) is 6.20 Å². The van der Waals surface area contributed by atoms with E-state index in [2.05, 4.69) is 30.0 Å². The molecule has 3 aromatic heterocycles. The van der Waals surface area contributed by atoms with Crippen LogP contribution in [0.1, 0.15) is 68.7 Å². The Kier molecular flexibility index (Phi) is 6.76. The summed E-state index contributed by atoms with van der Waals surface area (Å²) in [7, 11) is -1.87. The van der Waals surface area contributed by atoms with Gasteiger partial charge in [0.05, 0.1) is 40.0 Å². The summed E-state index contributed by atoms with van der Waals surface area (Å²) in [5, 5.41) is 2.57. The third-order valence-electron chi connectivity index (χ3n) is 7.85. The van der Waals surface area contributed by atoms with Gasteiger partial charge in [0.15, 0.2) is 0 Å². The summed E-state index contributed by atoms with van der Waals surface area (Å²) in [5.41, 5.74) is 2.06. The number of hydrogen-bond acceptors (Lipinski definition) is 9. The summed E-state index contributed by atoms with van der Waals surface area (Å²) >= 11 is 0. The van der Waals surface area contributed by atoms with E-state index in [1.807, 2.05) is 12.3 Å². The molecule has 0 aliphatic heterocycles. The highest BCUT2D eigenvalue weighted by Crippen LogP contribution is 2.41. The van der Waals surface area contributed by atoms with E-state index in [1.54, 1.807) is 31.6 Å². The fraction of sp³-hybridized carbons (Fsp3) is 0.481. The van der Waals surface area contributed by atoms with Crippen LogP contribution < -0.4 is 10.0 Å². The molecule has 0 atom stereocenters. The van der Waals surface area contributed by atoms with Gasteiger partial charge in [0.1, 0.15) is 5.82 Å². The topological polar surface area (TPSA) is 149 Å². The van der Waals surface area contributed by atoms with Crippen molar-refractivity contribution in [2.75, 3.05) is 17.1 Å². The van der Waals surface area contributed by atoms with Gasteiger partial charge in [-0.05, 0) is 69.6 Å². The van der Waals surface area contributed by atoms with Crippen LogP contribution in [0.25, 0.3) is 11.3 Å². The van der Waals surface area contributed by atoms with E-state index in [-0.39, 0.29) is 18.0 Å². The maximum Gasteiger partial charge on any atom is 0.237 e. The van der Waals surface area contributed by atoms with E-state index < -0.39 is 20.7 Å². The average molecular weight is 550 g/mol. The Labute approximate surface area is 227 Å². The first-order chi connectivity index (χ1) is 18.9. The quantitative estimate of drug-likeness (QED) is 0.408. The van der Waals surface area contributed by atoms with Crippen molar-refractivity contribution in [2.24, 2.45) is 0 Å². The summed E-state index contributed by atoms with van der Waals surface area (Å²) in [6.07, 6.45) is 12.6. The number of pyridine rings is 1. The van der Waals surface area contributed by atoms with Gasteiger partial charge in [0.25, 0.3) is 0 Å². The highest BCUT2D eigenvalue weighted by atomic mass is 32.2. The van der Waals surface area contributed by atoms with Gasteiger partial charge in [-0.2, -0.15) is 0 Å². The molecule has 0 radical (unpaired) electrons. The van der Waals surface area contributed by atoms with Crippen LogP contribution in [0.15, 0.2) is 43.0 Å². The molecule has 3 aliphatic carbocycles. The van der Waals surface area contributed by atoms with Crippen molar-refractivity contribution in [1.82, 2.24) is 24.9 Å². The second-order valence-corrected chi connectivity index (χ2v) is 12.6. The molecule has 0 unspecified atom stereocenters. The van der Waals surface area contributed by atoms with Crippen LogP contribution in [0.2, 0.25) is 0 Å². The highest BCUT2D eigenvalue weighted by Gasteiger charge is 2.45. The Balaban J connectivity index is 1.24. The standard InChI is InChI=1S/C27H31N7O4S/c1-38-19-8-11-27(12-9-19,23-10-13-29-26(32-23)34-39(36,37)20-5-6-20)25(35)33-24-7-4-18(14-30-24)22-16-28-15-21(31-22)17-2-3-17/h4,7,10,13-17,19-20H,2-3,5-6,8-9,11-12H2,1H3,(H,29,32,34)(H,30,33,35). The van der Waals surface area contributed by atoms with Gasteiger partial charge in [-0.3, -0.25) is 14.5 Å². The third kappa shape index (κ3) is 5.48. The molecular formula is C27H31N7O4S. The fourth-order valence-corrected chi connectivity index (χ4v) is 6.41. The van der Waals surface area contributed by atoms with Crippen LogP contribution in [0.3, 0.4) is 0 Å². The molecule has 2 N–H and O–H groups in total. The van der Waals surface area contributed by atoms with Crippen molar-refractivity contribution in [3.8, 4) is 11.3 Å². The number of carbonyl (C=O) groups is 1. The van der Waals surface area contributed by atoms with E-state index in [0.717, 1.165) is 29.8 Å². The first-order valence-electron chi connectivity index (χ1n) is 13.3. The number of anilines is 2. The molecule has 3 fully saturated rings. The van der Waals surface area contributed by atoms with Crippen LogP contribution >= 0.6 is 0 Å². The lowest BCUT2D eigenvalue weighted by atomic mass is 9.70. The summed E-state index contributed by atoms with van der Waals surface area (Å²) in [6, 6.07) is 5.30. The monoisotopic (exact) mass is 549 g/mol. The van der Waals surface area contributed by atoms with Crippen molar-refractivity contribution in [2.45, 2.75) is 74.1 Å². The number of nitrogens with one attached hydrogen (secondary N) is 2. The largest absolute Gasteiger partial charge is 0.381 e. The number of aromatic nitrogens is 5. The summed E-state index contributed by atoms with van der Waals surface area (Å²) in [6.45, 7) is 0. The molecule has 11 nitrogen and oxygen atoms in total. The van der Waals surface area contributed by atoms with Crippen LogP contribution in [0, 0.1) is 0 Å². The number of rotatable bonds is 9. The van der Waals surface area contributed by atoms with Gasteiger partial charge >= 0.3 is 0 Å². The number of nitrogens with zero attached hydrogens (tertiary/aromatic N) is 5. The smallest absolute Gasteiger partial charge is 0.237 e. The van der Waals surface area contributed by atoms with Crippen molar-refractivity contribution >= 4 is 27.7 Å². The van der Waals surface area contributed by atoms with Gasteiger partial charge in [0.2, 0.25) is 21.9 Å². The maximum atomic E-state index is 13.9. The minimum atomic E-state index is -3.54. The number of ether oxygens (including phenoxy) is 1. The van der Waals surface area contributed by atoms with Crippen molar-refractivity contribution in [3.63, 3.8) is 0 Å². The second kappa shape index (κ2) is 10.2. The molecule has 0 spiro atoms. The van der Waals surface area contributed by atoms with Crippen LogP contribution in [0.5, 0.6) is 0 Å². The van der Waals surface area contributed by atoms with Crippen molar-refractivity contribution < 1.29 is 17.9 Å². The van der Waals surface area contributed by atoms with Crippen LogP contribution in [0.4, 0.5) is 11.8 Å². The number of amides is 1. The predicted octanol–water partition coefficient (Wildman–Crippen LogP) is 3.58. The molecule has 3 aromatic rings. The molecule has 204 valence electrons. The summed E-state index contributed by atoms with van der Waals surface area (Å²) in [5.74, 6) is 0.645. The Bertz CT molecular complexity index is 1470. The zero-order valence-corrected chi connectivity index (χ0v) is 22.5. The zero-order chi connectivity index (χ0) is 27.0. The van der Waals surface area contributed by atoms with Crippen molar-refractivity contribution in [3.05, 3.63) is 54.4 Å². The van der Waals surface area contributed by atoms with Crippen LogP contribution in [-0.4, -0.2) is 57.7 Å². The first kappa shape index (κ1) is 25.8. The molecule has 1 amide bonds. The SMILES string of the molecule is COC1CCC(C(=O)Nc2ccc(-c3cncc(C4CC4)n3)cn2)(c2ccnc(NS(=O)(=O)C3CC3)n2)CC1. The Morgan fingerprint density at radius 2 is 1.77 bits per heavy atom. The number of sulfonamides is 1. The van der Waals surface area contributed by atoms with E-state index >= 15 is 0 Å². The average Bonchev–Trinajstić information content (AvgIpc) is 3.86. The minimum absolute atomic E-state index is 0.0162. The maximum absolute atomic E-state index is 13.9. The molecule has 0 bridgehead atoms. The highest BCUT2D eigenvalue weighted by molar-refractivity contribution is 7.93. The first-order valence-corrected chi connectivity index (χ1v) is 14.9. The Hall–Kier alpha value is -3.51. The molecule has 0 saturated heterocycles. The van der Waals surface area contributed by atoms with Crippen molar-refractivity contribution in [1.29, 1.82) is 0 Å². The van der Waals surface area contributed by atoms with Gasteiger partial charge in [-0.15, -0.1) is 0 Å².